The Kier molecular flexibility index (Phi) is 0.994. The van der Waals surface area contributed by atoms with Crippen LogP contribution in [-0.4, -0.2) is 22.2 Å². The fourth-order valence-corrected chi connectivity index (χ4v) is 0.581. The van der Waals surface area contributed by atoms with Crippen LogP contribution in [0.2, 0.25) is 0 Å². The number of aliphatic carboxylic acids is 1. The molecule has 0 aromatic carbocycles. The first-order chi connectivity index (χ1) is 3.57. The van der Waals surface area contributed by atoms with Crippen molar-refractivity contribution >= 4 is 17.6 Å². The number of alkyl halides is 1. The number of halogens is 1. The predicted octanol–water partition coefficient (Wildman–Crippen LogP) is 0.425. The second-order valence-corrected chi connectivity index (χ2v) is 2.27. The van der Waals surface area contributed by atoms with Gasteiger partial charge in [-0.25, -0.2) is 4.79 Å². The van der Waals surface area contributed by atoms with Crippen LogP contribution in [0.1, 0.15) is 6.92 Å². The Balaban J connectivity index is 2.60. The van der Waals surface area contributed by atoms with Gasteiger partial charge in [0.15, 0.2) is 0 Å². The number of ether oxygens (including phenoxy) is 1. The predicted molar refractivity (Wildman–Crippen MR) is 26.8 cm³/mol. The van der Waals surface area contributed by atoms with Gasteiger partial charge in [-0.15, -0.1) is 0 Å². The van der Waals surface area contributed by atoms with Crippen molar-refractivity contribution in [1.82, 2.24) is 0 Å². The van der Waals surface area contributed by atoms with E-state index in [-0.39, 0.29) is 6.10 Å². The fraction of sp³-hybridized carbons (Fsp3) is 0.750. The minimum absolute atomic E-state index is 0.346. The van der Waals surface area contributed by atoms with Crippen LogP contribution >= 0.6 is 11.6 Å². The molecule has 4 heteroatoms. The standard InChI is InChI=1S/C4H5ClO3/c1-2-4(5,8-2)3(6)7/h2H,1H3,(H,6,7). The molecule has 3 nitrogen and oxygen atoms in total. The van der Waals surface area contributed by atoms with Crippen molar-refractivity contribution in [1.29, 1.82) is 0 Å². The number of carboxylic acid groups (broad SMARTS) is 1. The Morgan fingerprint density at radius 2 is 2.38 bits per heavy atom. The molecule has 1 heterocycles. The normalized spacial score (nSPS) is 44.0. The van der Waals surface area contributed by atoms with Crippen LogP contribution in [0.5, 0.6) is 0 Å². The molecule has 0 aromatic rings. The van der Waals surface area contributed by atoms with E-state index in [0.29, 0.717) is 0 Å². The zero-order chi connectivity index (χ0) is 6.36. The lowest BCUT2D eigenvalue weighted by atomic mass is 10.3. The first-order valence-corrected chi connectivity index (χ1v) is 2.55. The van der Waals surface area contributed by atoms with Crippen molar-refractivity contribution in [2.75, 3.05) is 0 Å². The van der Waals surface area contributed by atoms with Gasteiger partial charge in [-0.05, 0) is 6.92 Å². The quantitative estimate of drug-likeness (QED) is 0.420. The molecule has 1 saturated heterocycles. The third-order valence-corrected chi connectivity index (χ3v) is 1.66. The van der Waals surface area contributed by atoms with E-state index in [1.165, 1.54) is 0 Å². The molecule has 0 radical (unpaired) electrons. The number of carbonyl (C=O) groups is 1. The fourth-order valence-electron chi connectivity index (χ4n) is 0.448. The molecule has 0 aromatic heterocycles. The highest BCUT2D eigenvalue weighted by molar-refractivity contribution is 6.34. The van der Waals surface area contributed by atoms with Crippen LogP contribution in [0.3, 0.4) is 0 Å². The topological polar surface area (TPSA) is 49.8 Å². The van der Waals surface area contributed by atoms with E-state index >= 15 is 0 Å². The lowest BCUT2D eigenvalue weighted by Crippen LogP contribution is -2.18. The highest BCUT2D eigenvalue weighted by Crippen LogP contribution is 2.40. The van der Waals surface area contributed by atoms with E-state index in [4.69, 9.17) is 16.7 Å². The van der Waals surface area contributed by atoms with Gasteiger partial charge in [0.25, 0.3) is 5.06 Å². The maximum Gasteiger partial charge on any atom is 0.354 e. The summed E-state index contributed by atoms with van der Waals surface area (Å²) in [5, 5.41) is 6.82. The van der Waals surface area contributed by atoms with Crippen LogP contribution in [0.25, 0.3) is 0 Å². The number of hydrogen-bond donors (Lipinski definition) is 1. The van der Waals surface area contributed by atoms with Crippen LogP contribution in [-0.2, 0) is 9.53 Å². The number of epoxide rings is 1. The summed E-state index contributed by atoms with van der Waals surface area (Å²) in [7, 11) is 0. The van der Waals surface area contributed by atoms with Gasteiger partial charge in [0, 0.05) is 0 Å². The maximum absolute atomic E-state index is 10.0. The smallest absolute Gasteiger partial charge is 0.354 e. The molecule has 0 saturated carbocycles. The van der Waals surface area contributed by atoms with E-state index in [2.05, 4.69) is 4.74 Å². The van der Waals surface area contributed by atoms with Gasteiger partial charge in [0.2, 0.25) is 0 Å². The second kappa shape index (κ2) is 1.36. The monoisotopic (exact) mass is 136 g/mol. The Labute approximate surface area is 51.2 Å². The van der Waals surface area contributed by atoms with E-state index in [0.717, 1.165) is 0 Å². The summed E-state index contributed by atoms with van der Waals surface area (Å²) in [5.41, 5.74) is 0. The Morgan fingerprint density at radius 3 is 2.38 bits per heavy atom. The molecule has 2 unspecified atom stereocenters. The molecule has 0 bridgehead atoms. The lowest BCUT2D eigenvalue weighted by molar-refractivity contribution is -0.139. The van der Waals surface area contributed by atoms with Crippen molar-refractivity contribution in [3.05, 3.63) is 0 Å². The zero-order valence-corrected chi connectivity index (χ0v) is 4.97. The highest BCUT2D eigenvalue weighted by Gasteiger charge is 2.59. The average Bonchev–Trinajstić information content (AvgIpc) is 2.17. The zero-order valence-electron chi connectivity index (χ0n) is 4.22. The van der Waals surface area contributed by atoms with Crippen molar-refractivity contribution in [2.45, 2.75) is 18.1 Å². The summed E-state index contributed by atoms with van der Waals surface area (Å²) < 4.78 is 4.53. The molecule has 1 aliphatic heterocycles. The first kappa shape index (κ1) is 5.85. The van der Waals surface area contributed by atoms with Gasteiger partial charge in [-0.3, -0.25) is 0 Å². The summed E-state index contributed by atoms with van der Waals surface area (Å²) in [4.78, 5) is 10.0. The molecule has 0 amide bonds. The van der Waals surface area contributed by atoms with E-state index in [1.54, 1.807) is 6.92 Å². The first-order valence-electron chi connectivity index (χ1n) is 2.17. The average molecular weight is 137 g/mol. The molecule has 2 atom stereocenters. The summed E-state index contributed by atoms with van der Waals surface area (Å²) in [6.07, 6.45) is -0.346. The van der Waals surface area contributed by atoms with Gasteiger partial charge in [0.1, 0.15) is 6.10 Å². The van der Waals surface area contributed by atoms with Gasteiger partial charge in [0.05, 0.1) is 0 Å². The summed E-state index contributed by atoms with van der Waals surface area (Å²) in [6, 6.07) is 0. The van der Waals surface area contributed by atoms with Crippen LogP contribution in [0.15, 0.2) is 0 Å². The largest absolute Gasteiger partial charge is 0.478 e. The van der Waals surface area contributed by atoms with Crippen molar-refractivity contribution in [3.63, 3.8) is 0 Å². The highest BCUT2D eigenvalue weighted by atomic mass is 35.5. The lowest BCUT2D eigenvalue weighted by Gasteiger charge is -1.89. The molecular weight excluding hydrogens is 131 g/mol. The third kappa shape index (κ3) is 0.588. The molecule has 1 N–H and O–H groups in total. The van der Waals surface area contributed by atoms with Crippen molar-refractivity contribution in [2.24, 2.45) is 0 Å². The van der Waals surface area contributed by atoms with Gasteiger partial charge in [-0.2, -0.15) is 0 Å². The van der Waals surface area contributed by atoms with Gasteiger partial charge < -0.3 is 9.84 Å². The molecule has 8 heavy (non-hydrogen) atoms. The van der Waals surface area contributed by atoms with Crippen molar-refractivity contribution in [3.8, 4) is 0 Å². The van der Waals surface area contributed by atoms with Crippen LogP contribution in [0.4, 0.5) is 0 Å². The Hall–Kier alpha value is -0.280. The van der Waals surface area contributed by atoms with Gasteiger partial charge >= 0.3 is 5.97 Å². The van der Waals surface area contributed by atoms with E-state index in [9.17, 15) is 4.79 Å². The Bertz CT molecular complexity index is 135. The third-order valence-electron chi connectivity index (χ3n) is 1.11. The molecule has 1 fully saturated rings. The second-order valence-electron chi connectivity index (χ2n) is 1.71. The minimum Gasteiger partial charge on any atom is -0.478 e. The van der Waals surface area contributed by atoms with Crippen molar-refractivity contribution < 1.29 is 14.6 Å². The maximum atomic E-state index is 10.0. The number of rotatable bonds is 1. The van der Waals surface area contributed by atoms with Crippen LogP contribution < -0.4 is 0 Å². The number of carboxylic acids is 1. The summed E-state index contributed by atoms with van der Waals surface area (Å²) in [6.45, 7) is 1.61. The SMILES string of the molecule is CC1OC1(Cl)C(=O)O. The van der Waals surface area contributed by atoms with Gasteiger partial charge in [-0.1, -0.05) is 11.6 Å². The molecule has 0 aliphatic carbocycles. The minimum atomic E-state index is -1.40. The molecular formula is C4H5ClO3. The van der Waals surface area contributed by atoms with E-state index < -0.39 is 11.0 Å². The van der Waals surface area contributed by atoms with Crippen LogP contribution in [0, 0.1) is 0 Å². The Morgan fingerprint density at radius 1 is 2.00 bits per heavy atom. The molecule has 46 valence electrons. The van der Waals surface area contributed by atoms with E-state index in [1.807, 2.05) is 0 Å². The summed E-state index contributed by atoms with van der Waals surface area (Å²) in [5.74, 6) is -1.10. The summed E-state index contributed by atoms with van der Waals surface area (Å²) >= 11 is 5.31. The molecule has 0 spiro atoms. The molecule has 1 rings (SSSR count). The molecule has 1 aliphatic rings. The number of hydrogen-bond acceptors (Lipinski definition) is 2.